The third-order valence-corrected chi connectivity index (χ3v) is 5.92. The number of likely N-dealkylation sites (tertiary alicyclic amines) is 1. The smallest absolute Gasteiger partial charge is 0.193 e. The van der Waals surface area contributed by atoms with Gasteiger partial charge in [-0.1, -0.05) is 18.2 Å². The Labute approximate surface area is 173 Å². The molecule has 2 fully saturated rings. The highest BCUT2D eigenvalue weighted by molar-refractivity contribution is 5.83. The zero-order chi connectivity index (χ0) is 19.9. The Morgan fingerprint density at radius 2 is 2.07 bits per heavy atom. The zero-order valence-electron chi connectivity index (χ0n) is 17.3. The first-order valence-electron chi connectivity index (χ1n) is 10.8. The monoisotopic (exact) mass is 396 g/mol. The summed E-state index contributed by atoms with van der Waals surface area (Å²) in [5, 5.41) is 4.72. The Morgan fingerprint density at radius 1 is 1.21 bits per heavy atom. The molecule has 1 aromatic heterocycles. The highest BCUT2D eigenvalue weighted by atomic mass is 16.5. The molecular formula is C23H32N4O2. The number of piperidine rings is 1. The van der Waals surface area contributed by atoms with Crippen molar-refractivity contribution in [1.29, 1.82) is 0 Å². The van der Waals surface area contributed by atoms with Crippen molar-refractivity contribution in [3.05, 3.63) is 42.1 Å². The summed E-state index contributed by atoms with van der Waals surface area (Å²) in [6.07, 6.45) is 8.17. The van der Waals surface area contributed by atoms with Crippen LogP contribution in [0, 0.1) is 0 Å². The number of aliphatic imine (C=N–C) groups is 1. The molecule has 1 unspecified atom stereocenters. The first-order chi connectivity index (χ1) is 14.3. The summed E-state index contributed by atoms with van der Waals surface area (Å²) in [6.45, 7) is 4.30. The van der Waals surface area contributed by atoms with Crippen LogP contribution in [0.15, 0.2) is 41.5 Å². The molecule has 3 heterocycles. The van der Waals surface area contributed by atoms with E-state index in [1.807, 2.05) is 19.3 Å². The van der Waals surface area contributed by atoms with Gasteiger partial charge in [-0.25, -0.2) is 0 Å². The van der Waals surface area contributed by atoms with Gasteiger partial charge in [-0.15, -0.1) is 0 Å². The van der Waals surface area contributed by atoms with Crippen molar-refractivity contribution in [3.63, 3.8) is 0 Å². The van der Waals surface area contributed by atoms with Gasteiger partial charge in [-0.3, -0.25) is 9.98 Å². The van der Waals surface area contributed by atoms with Gasteiger partial charge in [0, 0.05) is 44.9 Å². The minimum atomic E-state index is 0.298. The first-order valence-corrected chi connectivity index (χ1v) is 10.8. The molecule has 1 atom stereocenters. The normalized spacial score (nSPS) is 21.5. The van der Waals surface area contributed by atoms with Gasteiger partial charge in [0.2, 0.25) is 0 Å². The molecule has 2 aromatic rings. The average Bonchev–Trinajstić information content (AvgIpc) is 2.79. The lowest BCUT2D eigenvalue weighted by Crippen LogP contribution is -2.47. The molecule has 1 aromatic carbocycles. The van der Waals surface area contributed by atoms with Crippen LogP contribution in [0.1, 0.15) is 37.7 Å². The lowest BCUT2D eigenvalue weighted by Gasteiger charge is -2.35. The van der Waals surface area contributed by atoms with E-state index in [1.165, 1.54) is 23.8 Å². The zero-order valence-corrected chi connectivity index (χ0v) is 17.3. The number of benzene rings is 1. The third-order valence-electron chi connectivity index (χ3n) is 5.92. The molecule has 0 bridgehead atoms. The van der Waals surface area contributed by atoms with E-state index in [-0.39, 0.29) is 0 Å². The molecule has 6 heteroatoms. The Bertz CT molecular complexity index is 806. The van der Waals surface area contributed by atoms with Gasteiger partial charge in [0.1, 0.15) is 0 Å². The van der Waals surface area contributed by atoms with Crippen LogP contribution in [0.2, 0.25) is 0 Å². The summed E-state index contributed by atoms with van der Waals surface area (Å²) in [5.41, 5.74) is 2.27. The molecule has 6 nitrogen and oxygen atoms in total. The van der Waals surface area contributed by atoms with Crippen molar-refractivity contribution in [1.82, 2.24) is 15.2 Å². The second-order valence-corrected chi connectivity index (χ2v) is 7.90. The fraction of sp³-hybridized carbons (Fsp3) is 0.565. The molecular weight excluding hydrogens is 364 g/mol. The van der Waals surface area contributed by atoms with Crippen LogP contribution in [0.3, 0.4) is 0 Å². The summed E-state index contributed by atoms with van der Waals surface area (Å²) >= 11 is 0. The number of hydrogen-bond acceptors (Lipinski definition) is 4. The van der Waals surface area contributed by atoms with Gasteiger partial charge in [-0.2, -0.15) is 0 Å². The Balaban J connectivity index is 1.26. The highest BCUT2D eigenvalue weighted by Crippen LogP contribution is 2.19. The fourth-order valence-electron chi connectivity index (χ4n) is 4.23. The predicted octanol–water partition coefficient (Wildman–Crippen LogP) is 3.36. The van der Waals surface area contributed by atoms with Crippen molar-refractivity contribution in [2.75, 3.05) is 33.4 Å². The number of rotatable bonds is 5. The number of nitrogens with one attached hydrogen (secondary N) is 1. The van der Waals surface area contributed by atoms with E-state index in [1.54, 1.807) is 0 Å². The number of ether oxygens (including phenoxy) is 2. The Hall–Kier alpha value is -2.18. The Morgan fingerprint density at radius 3 is 2.86 bits per heavy atom. The molecule has 156 valence electrons. The number of aromatic nitrogens is 1. The quantitative estimate of drug-likeness (QED) is 0.620. The number of para-hydroxylation sites is 1. The van der Waals surface area contributed by atoms with E-state index in [0.717, 1.165) is 63.6 Å². The van der Waals surface area contributed by atoms with Crippen molar-refractivity contribution < 1.29 is 9.47 Å². The van der Waals surface area contributed by atoms with Gasteiger partial charge in [-0.05, 0) is 49.8 Å². The van der Waals surface area contributed by atoms with Gasteiger partial charge in [0.15, 0.2) is 5.96 Å². The molecule has 2 saturated heterocycles. The second kappa shape index (κ2) is 10.0. The van der Waals surface area contributed by atoms with E-state index in [2.05, 4.69) is 44.5 Å². The maximum absolute atomic E-state index is 6.14. The number of guanidine groups is 1. The van der Waals surface area contributed by atoms with Crippen LogP contribution in [0.5, 0.6) is 0 Å². The maximum Gasteiger partial charge on any atom is 0.193 e. The van der Waals surface area contributed by atoms with Crippen LogP contribution < -0.4 is 5.32 Å². The molecule has 0 radical (unpaired) electrons. The Kier molecular flexibility index (Phi) is 6.96. The molecule has 4 rings (SSSR count). The van der Waals surface area contributed by atoms with Crippen molar-refractivity contribution in [3.8, 4) is 0 Å². The lowest BCUT2D eigenvalue weighted by atomic mass is 10.1. The molecule has 0 spiro atoms. The molecule has 1 N–H and O–H groups in total. The number of hydrogen-bond donors (Lipinski definition) is 1. The molecule has 2 aliphatic heterocycles. The summed E-state index contributed by atoms with van der Waals surface area (Å²) in [5.74, 6) is 0.958. The highest BCUT2D eigenvalue weighted by Gasteiger charge is 2.23. The second-order valence-electron chi connectivity index (χ2n) is 7.90. The fourth-order valence-corrected chi connectivity index (χ4v) is 4.23. The van der Waals surface area contributed by atoms with E-state index >= 15 is 0 Å². The van der Waals surface area contributed by atoms with Crippen LogP contribution in [-0.4, -0.2) is 61.4 Å². The minimum Gasteiger partial charge on any atom is -0.376 e. The van der Waals surface area contributed by atoms with Crippen LogP contribution in [0.25, 0.3) is 10.9 Å². The summed E-state index contributed by atoms with van der Waals surface area (Å²) in [7, 11) is 1.86. The average molecular weight is 397 g/mol. The third kappa shape index (κ3) is 5.25. The summed E-state index contributed by atoms with van der Waals surface area (Å²) < 4.78 is 11.9. The van der Waals surface area contributed by atoms with E-state index in [0.29, 0.717) is 12.2 Å². The lowest BCUT2D eigenvalue weighted by molar-refractivity contribution is -0.0721. The van der Waals surface area contributed by atoms with Crippen molar-refractivity contribution >= 4 is 16.9 Å². The number of pyridine rings is 1. The molecule has 2 aliphatic rings. The van der Waals surface area contributed by atoms with Crippen LogP contribution in [0.4, 0.5) is 0 Å². The maximum atomic E-state index is 6.14. The molecule has 0 saturated carbocycles. The van der Waals surface area contributed by atoms with Crippen molar-refractivity contribution in [2.45, 2.75) is 50.9 Å². The number of nitrogens with zero attached hydrogens (tertiary/aromatic N) is 3. The summed E-state index contributed by atoms with van der Waals surface area (Å²) in [6, 6.07) is 10.3. The summed E-state index contributed by atoms with van der Waals surface area (Å²) in [4.78, 5) is 11.3. The van der Waals surface area contributed by atoms with Gasteiger partial charge >= 0.3 is 0 Å². The molecule has 0 amide bonds. The van der Waals surface area contributed by atoms with E-state index in [9.17, 15) is 0 Å². The standard InChI is InChI=1S/C23H32N4O2/c1-24-23(26-16-18-9-12-25-22-8-3-2-7-21(18)22)27-13-10-19(11-14-27)29-17-20-6-4-5-15-28-20/h2-3,7-9,12,19-20H,4-6,10-11,13-17H2,1H3,(H,24,26). The largest absolute Gasteiger partial charge is 0.376 e. The first kappa shape index (κ1) is 20.1. The number of fused-ring (bicyclic) bond motifs is 1. The molecule has 29 heavy (non-hydrogen) atoms. The van der Waals surface area contributed by atoms with E-state index < -0.39 is 0 Å². The van der Waals surface area contributed by atoms with Gasteiger partial charge < -0.3 is 19.7 Å². The topological polar surface area (TPSA) is 59.0 Å². The van der Waals surface area contributed by atoms with Crippen LogP contribution in [-0.2, 0) is 16.0 Å². The van der Waals surface area contributed by atoms with Crippen LogP contribution >= 0.6 is 0 Å². The molecule has 0 aliphatic carbocycles. The van der Waals surface area contributed by atoms with Gasteiger partial charge in [0.25, 0.3) is 0 Å². The SMILES string of the molecule is CN=C(NCc1ccnc2ccccc12)N1CCC(OCC2CCCCO2)CC1. The van der Waals surface area contributed by atoms with E-state index in [4.69, 9.17) is 9.47 Å². The van der Waals surface area contributed by atoms with Gasteiger partial charge in [0.05, 0.1) is 24.3 Å². The predicted molar refractivity (Wildman–Crippen MR) is 116 cm³/mol. The van der Waals surface area contributed by atoms with Crippen molar-refractivity contribution in [2.24, 2.45) is 4.99 Å². The minimum absolute atomic E-state index is 0.298.